The molecule has 3 rings (SSSR count). The molecule has 1 aromatic carbocycles. The zero-order valence-corrected chi connectivity index (χ0v) is 11.9. The Morgan fingerprint density at radius 3 is 2.81 bits per heavy atom. The van der Waals surface area contributed by atoms with Gasteiger partial charge in [-0.25, -0.2) is 4.98 Å². The molecule has 3 aromatic rings. The summed E-state index contributed by atoms with van der Waals surface area (Å²) in [5, 5.41) is 4.06. The van der Waals surface area contributed by atoms with Crippen molar-refractivity contribution in [2.45, 2.75) is 6.92 Å². The first-order valence-corrected chi connectivity index (χ1v) is 6.64. The second-order valence-corrected chi connectivity index (χ2v) is 4.34. The Kier molecular flexibility index (Phi) is 3.74. The van der Waals surface area contributed by atoms with Gasteiger partial charge in [0.05, 0.1) is 12.2 Å². The van der Waals surface area contributed by atoms with Crippen LogP contribution in [-0.4, -0.2) is 36.3 Å². The minimum Gasteiger partial charge on any atom is -0.493 e. The van der Waals surface area contributed by atoms with Gasteiger partial charge in [-0.3, -0.25) is 0 Å². The number of rotatable bonds is 4. The van der Waals surface area contributed by atoms with Gasteiger partial charge in [0, 0.05) is 0 Å². The summed E-state index contributed by atoms with van der Waals surface area (Å²) in [5.74, 6) is 1.41. The molecule has 8 heteroatoms. The van der Waals surface area contributed by atoms with Crippen LogP contribution in [0.4, 0.5) is 0 Å². The molecule has 0 radical (unpaired) electrons. The highest BCUT2D eigenvalue weighted by atomic mass is 35.5. The van der Waals surface area contributed by atoms with Crippen molar-refractivity contribution >= 4 is 11.6 Å². The average Bonchev–Trinajstić information content (AvgIpc) is 3.02. The summed E-state index contributed by atoms with van der Waals surface area (Å²) in [4.78, 5) is 16.4. The lowest BCUT2D eigenvalue weighted by molar-refractivity contribution is 0.341. The summed E-state index contributed by atoms with van der Waals surface area (Å²) >= 11 is 5.98. The SMILES string of the molecule is CCOc1ccccc1-c1nc(Cl)nc(-n2cncn2)n1. The lowest BCUT2D eigenvalue weighted by Gasteiger charge is -2.09. The third kappa shape index (κ3) is 2.82. The fraction of sp³-hybridized carbons (Fsp3) is 0.154. The normalized spacial score (nSPS) is 10.6. The lowest BCUT2D eigenvalue weighted by atomic mass is 10.2. The predicted octanol–water partition coefficient (Wildman–Crippen LogP) is 2.17. The van der Waals surface area contributed by atoms with Crippen LogP contribution < -0.4 is 4.74 Å². The molecule has 0 aliphatic carbocycles. The highest BCUT2D eigenvalue weighted by Gasteiger charge is 2.13. The third-order valence-electron chi connectivity index (χ3n) is 2.65. The molecule has 0 saturated heterocycles. The molecule has 0 atom stereocenters. The number of hydrogen-bond acceptors (Lipinski definition) is 6. The van der Waals surface area contributed by atoms with Gasteiger partial charge in [-0.1, -0.05) is 12.1 Å². The zero-order chi connectivity index (χ0) is 14.7. The summed E-state index contributed by atoms with van der Waals surface area (Å²) in [5.41, 5.74) is 0.741. The lowest BCUT2D eigenvalue weighted by Crippen LogP contribution is -2.05. The minimum atomic E-state index is 0.0804. The fourth-order valence-corrected chi connectivity index (χ4v) is 1.96. The first-order valence-electron chi connectivity index (χ1n) is 6.26. The van der Waals surface area contributed by atoms with E-state index in [4.69, 9.17) is 16.3 Å². The van der Waals surface area contributed by atoms with Crippen LogP contribution >= 0.6 is 11.6 Å². The van der Waals surface area contributed by atoms with Gasteiger partial charge < -0.3 is 4.74 Å². The molecule has 0 aliphatic heterocycles. The summed E-state index contributed by atoms with van der Waals surface area (Å²) in [6.45, 7) is 2.46. The van der Waals surface area contributed by atoms with E-state index in [1.807, 2.05) is 31.2 Å². The van der Waals surface area contributed by atoms with E-state index < -0.39 is 0 Å². The Morgan fingerprint density at radius 1 is 1.19 bits per heavy atom. The summed E-state index contributed by atoms with van der Waals surface area (Å²) in [7, 11) is 0. The monoisotopic (exact) mass is 302 g/mol. The van der Waals surface area contributed by atoms with Gasteiger partial charge in [0.25, 0.3) is 5.95 Å². The standard InChI is InChI=1S/C13H11ClN6O/c1-2-21-10-6-4-3-5-9(10)11-17-12(14)19-13(18-11)20-8-15-7-16-20/h3-8H,2H2,1H3. The van der Waals surface area contributed by atoms with Crippen molar-refractivity contribution in [2.24, 2.45) is 0 Å². The van der Waals surface area contributed by atoms with Gasteiger partial charge in [-0.05, 0) is 30.7 Å². The number of para-hydroxylation sites is 1. The predicted molar refractivity (Wildman–Crippen MR) is 76.4 cm³/mol. The molecule has 2 heterocycles. The van der Waals surface area contributed by atoms with Crippen LogP contribution in [0.1, 0.15) is 6.92 Å². The smallest absolute Gasteiger partial charge is 0.256 e. The first-order chi connectivity index (χ1) is 10.3. The number of nitrogens with zero attached hydrogens (tertiary/aromatic N) is 6. The van der Waals surface area contributed by atoms with Crippen LogP contribution in [0, 0.1) is 0 Å². The molecular weight excluding hydrogens is 292 g/mol. The molecule has 7 nitrogen and oxygen atoms in total. The minimum absolute atomic E-state index is 0.0804. The quantitative estimate of drug-likeness (QED) is 0.735. The molecule has 21 heavy (non-hydrogen) atoms. The second kappa shape index (κ2) is 5.84. The van der Waals surface area contributed by atoms with Crippen molar-refractivity contribution in [2.75, 3.05) is 6.61 Å². The molecule has 0 fully saturated rings. The van der Waals surface area contributed by atoms with Crippen LogP contribution in [0.15, 0.2) is 36.9 Å². The molecule has 2 aromatic heterocycles. The Balaban J connectivity index is 2.11. The Morgan fingerprint density at radius 2 is 2.05 bits per heavy atom. The maximum absolute atomic E-state index is 5.98. The van der Waals surface area contributed by atoms with Crippen molar-refractivity contribution in [1.82, 2.24) is 29.7 Å². The molecule has 0 unspecified atom stereocenters. The molecule has 0 aliphatic rings. The highest BCUT2D eigenvalue weighted by Crippen LogP contribution is 2.27. The van der Waals surface area contributed by atoms with E-state index in [1.54, 1.807) is 0 Å². The number of aromatic nitrogens is 6. The van der Waals surface area contributed by atoms with Crippen molar-refractivity contribution in [3.05, 3.63) is 42.2 Å². The topological polar surface area (TPSA) is 78.6 Å². The summed E-state index contributed by atoms with van der Waals surface area (Å²) in [6, 6.07) is 7.48. The fourth-order valence-electron chi connectivity index (χ4n) is 1.81. The molecular formula is C13H11ClN6O. The van der Waals surface area contributed by atoms with Crippen LogP contribution in [0.25, 0.3) is 17.3 Å². The summed E-state index contributed by atoms with van der Waals surface area (Å²) < 4.78 is 7.00. The maximum atomic E-state index is 5.98. The van der Waals surface area contributed by atoms with E-state index in [1.165, 1.54) is 17.3 Å². The van der Waals surface area contributed by atoms with Crippen molar-refractivity contribution in [3.63, 3.8) is 0 Å². The van der Waals surface area contributed by atoms with Crippen LogP contribution in [-0.2, 0) is 0 Å². The maximum Gasteiger partial charge on any atom is 0.256 e. The van der Waals surface area contributed by atoms with Gasteiger partial charge in [-0.2, -0.15) is 24.7 Å². The van der Waals surface area contributed by atoms with E-state index in [9.17, 15) is 0 Å². The molecule has 0 N–H and O–H groups in total. The van der Waals surface area contributed by atoms with E-state index in [-0.39, 0.29) is 5.28 Å². The van der Waals surface area contributed by atoms with Crippen LogP contribution in [0.5, 0.6) is 5.75 Å². The van der Waals surface area contributed by atoms with Crippen LogP contribution in [0.3, 0.4) is 0 Å². The Labute approximate surface area is 125 Å². The molecule has 0 amide bonds. The number of ether oxygens (including phenoxy) is 1. The molecule has 0 saturated carbocycles. The highest BCUT2D eigenvalue weighted by molar-refractivity contribution is 6.28. The van der Waals surface area contributed by atoms with Crippen molar-refractivity contribution in [1.29, 1.82) is 0 Å². The van der Waals surface area contributed by atoms with Crippen LogP contribution in [0.2, 0.25) is 5.28 Å². The van der Waals surface area contributed by atoms with Gasteiger partial charge in [-0.15, -0.1) is 0 Å². The van der Waals surface area contributed by atoms with E-state index in [0.717, 1.165) is 5.56 Å². The van der Waals surface area contributed by atoms with Gasteiger partial charge in [0.15, 0.2) is 5.82 Å². The van der Waals surface area contributed by atoms with E-state index in [0.29, 0.717) is 24.1 Å². The van der Waals surface area contributed by atoms with Crippen molar-refractivity contribution < 1.29 is 4.74 Å². The van der Waals surface area contributed by atoms with E-state index >= 15 is 0 Å². The number of benzene rings is 1. The molecule has 0 spiro atoms. The van der Waals surface area contributed by atoms with Gasteiger partial charge >= 0.3 is 0 Å². The Hall–Kier alpha value is -2.54. The first kappa shape index (κ1) is 13.4. The van der Waals surface area contributed by atoms with Crippen molar-refractivity contribution in [3.8, 4) is 23.1 Å². The molecule has 0 bridgehead atoms. The Bertz CT molecular complexity index is 746. The largest absolute Gasteiger partial charge is 0.493 e. The van der Waals surface area contributed by atoms with Gasteiger partial charge in [0.2, 0.25) is 5.28 Å². The molecule has 106 valence electrons. The second-order valence-electron chi connectivity index (χ2n) is 4.00. The number of halogens is 1. The summed E-state index contributed by atoms with van der Waals surface area (Å²) in [6.07, 6.45) is 2.88. The zero-order valence-electron chi connectivity index (χ0n) is 11.1. The average molecular weight is 303 g/mol. The van der Waals surface area contributed by atoms with Gasteiger partial charge in [0.1, 0.15) is 18.4 Å². The van der Waals surface area contributed by atoms with E-state index in [2.05, 4.69) is 25.0 Å². The number of hydrogen-bond donors (Lipinski definition) is 0. The third-order valence-corrected chi connectivity index (χ3v) is 2.82.